The molecule has 1 saturated carbocycles. The van der Waals surface area contributed by atoms with Crippen LogP contribution in [0.2, 0.25) is 0 Å². The molecule has 2 N–H and O–H groups in total. The number of hydrogen-bond donors (Lipinski definition) is 2. The van der Waals surface area contributed by atoms with Gasteiger partial charge in [0.1, 0.15) is 6.10 Å². The van der Waals surface area contributed by atoms with Crippen LogP contribution in [0.25, 0.3) is 0 Å². The average Bonchev–Trinajstić information content (AvgIpc) is 3.41. The van der Waals surface area contributed by atoms with Crippen LogP contribution >= 0.6 is 0 Å². The maximum absolute atomic E-state index is 12.3. The van der Waals surface area contributed by atoms with Crippen molar-refractivity contribution in [2.45, 2.75) is 32.8 Å². The van der Waals surface area contributed by atoms with Gasteiger partial charge in [-0.3, -0.25) is 9.78 Å². The molecule has 4 nitrogen and oxygen atoms in total. The van der Waals surface area contributed by atoms with Crippen LogP contribution in [0.4, 0.5) is 5.69 Å². The van der Waals surface area contributed by atoms with Gasteiger partial charge in [-0.05, 0) is 55.0 Å². The summed E-state index contributed by atoms with van der Waals surface area (Å²) in [4.78, 5) is 16.5. The van der Waals surface area contributed by atoms with E-state index in [0.29, 0.717) is 11.6 Å². The Balaban J connectivity index is 1.80. The van der Waals surface area contributed by atoms with E-state index in [1.165, 1.54) is 0 Å². The van der Waals surface area contributed by atoms with Gasteiger partial charge < -0.3 is 10.4 Å². The Morgan fingerprint density at radius 1 is 1.30 bits per heavy atom. The van der Waals surface area contributed by atoms with Gasteiger partial charge in [-0.25, -0.2) is 0 Å². The summed E-state index contributed by atoms with van der Waals surface area (Å²) in [7, 11) is 0. The molecule has 1 aliphatic rings. The largest absolute Gasteiger partial charge is 0.382 e. The molecule has 2 aromatic rings. The van der Waals surface area contributed by atoms with Crippen molar-refractivity contribution < 1.29 is 9.90 Å². The van der Waals surface area contributed by atoms with E-state index in [2.05, 4.69) is 10.3 Å². The zero-order valence-electron chi connectivity index (χ0n) is 13.5. The van der Waals surface area contributed by atoms with E-state index in [-0.39, 0.29) is 11.8 Å². The highest BCUT2D eigenvalue weighted by atomic mass is 16.3. The summed E-state index contributed by atoms with van der Waals surface area (Å²) in [6.07, 6.45) is 3.15. The van der Waals surface area contributed by atoms with E-state index in [1.54, 1.807) is 12.3 Å². The molecule has 0 saturated heterocycles. The van der Waals surface area contributed by atoms with Crippen molar-refractivity contribution in [3.63, 3.8) is 0 Å². The van der Waals surface area contributed by atoms with Gasteiger partial charge in [0.05, 0.1) is 5.69 Å². The van der Waals surface area contributed by atoms with E-state index < -0.39 is 6.10 Å². The monoisotopic (exact) mass is 310 g/mol. The molecule has 2 unspecified atom stereocenters. The van der Waals surface area contributed by atoms with Crippen LogP contribution in [-0.4, -0.2) is 16.0 Å². The van der Waals surface area contributed by atoms with Crippen LogP contribution in [0.3, 0.4) is 0 Å². The Hall–Kier alpha value is -2.20. The number of rotatable bonds is 5. The van der Waals surface area contributed by atoms with Crippen LogP contribution in [0.1, 0.15) is 42.7 Å². The minimum atomic E-state index is -0.798. The second-order valence-electron chi connectivity index (χ2n) is 6.35. The quantitative estimate of drug-likeness (QED) is 0.889. The number of aromatic nitrogens is 1. The number of nitrogens with zero attached hydrogens (tertiary/aromatic N) is 1. The number of carbonyl (C=O) groups is 1. The summed E-state index contributed by atoms with van der Waals surface area (Å²) in [5.74, 6) is 0.622. The molecule has 1 heterocycles. The molecule has 2 atom stereocenters. The number of carbonyl (C=O) groups excluding carboxylic acids is 1. The first-order valence-corrected chi connectivity index (χ1v) is 8.06. The third-order valence-electron chi connectivity index (χ3n) is 4.55. The van der Waals surface area contributed by atoms with Crippen molar-refractivity contribution in [2.24, 2.45) is 11.8 Å². The topological polar surface area (TPSA) is 62.2 Å². The predicted molar refractivity (Wildman–Crippen MR) is 90.0 cm³/mol. The maximum atomic E-state index is 12.3. The molecule has 120 valence electrons. The molecular weight excluding hydrogens is 288 g/mol. The Labute approximate surface area is 136 Å². The van der Waals surface area contributed by atoms with E-state index in [0.717, 1.165) is 29.7 Å². The van der Waals surface area contributed by atoms with Gasteiger partial charge in [-0.1, -0.05) is 25.1 Å². The first kappa shape index (κ1) is 15.7. The molecule has 0 bridgehead atoms. The molecule has 0 aliphatic heterocycles. The SMILES string of the molecule is Cc1ccc(C(O)c2ccccn2)cc1NC(=O)C(C)C1CC1. The fourth-order valence-corrected chi connectivity index (χ4v) is 2.71. The van der Waals surface area contributed by atoms with Crippen molar-refractivity contribution in [2.75, 3.05) is 5.32 Å². The highest BCUT2D eigenvalue weighted by molar-refractivity contribution is 5.93. The normalized spacial score (nSPS) is 16.7. The molecule has 4 heteroatoms. The smallest absolute Gasteiger partial charge is 0.227 e. The number of pyridine rings is 1. The van der Waals surface area contributed by atoms with Gasteiger partial charge in [0.2, 0.25) is 5.91 Å². The van der Waals surface area contributed by atoms with Crippen molar-refractivity contribution in [3.05, 3.63) is 59.4 Å². The second-order valence-corrected chi connectivity index (χ2v) is 6.35. The minimum Gasteiger partial charge on any atom is -0.382 e. The standard InChI is InChI=1S/C19H22N2O2/c1-12-6-7-15(18(22)16-5-3-4-10-20-16)11-17(12)21-19(23)13(2)14-8-9-14/h3-7,10-11,13-14,18,22H,8-9H2,1-2H3,(H,21,23). The second kappa shape index (κ2) is 6.50. The number of aliphatic hydroxyl groups excluding tert-OH is 1. The third kappa shape index (κ3) is 3.59. The molecule has 1 aromatic carbocycles. The fourth-order valence-electron chi connectivity index (χ4n) is 2.71. The Morgan fingerprint density at radius 3 is 2.74 bits per heavy atom. The Bertz CT molecular complexity index is 696. The van der Waals surface area contributed by atoms with E-state index in [4.69, 9.17) is 0 Å². The average molecular weight is 310 g/mol. The first-order valence-electron chi connectivity index (χ1n) is 8.06. The van der Waals surface area contributed by atoms with Gasteiger partial charge in [-0.2, -0.15) is 0 Å². The molecule has 0 spiro atoms. The zero-order chi connectivity index (χ0) is 16.4. The van der Waals surface area contributed by atoms with Gasteiger partial charge >= 0.3 is 0 Å². The lowest BCUT2D eigenvalue weighted by Crippen LogP contribution is -2.22. The summed E-state index contributed by atoms with van der Waals surface area (Å²) in [6, 6.07) is 11.1. The van der Waals surface area contributed by atoms with Crippen molar-refractivity contribution in [1.29, 1.82) is 0 Å². The molecule has 1 aromatic heterocycles. The molecular formula is C19H22N2O2. The van der Waals surface area contributed by atoms with Gasteiger partial charge in [-0.15, -0.1) is 0 Å². The highest BCUT2D eigenvalue weighted by Gasteiger charge is 2.32. The fraction of sp³-hybridized carbons (Fsp3) is 0.368. The summed E-state index contributed by atoms with van der Waals surface area (Å²) in [5.41, 5.74) is 3.07. The predicted octanol–water partition coefficient (Wildman–Crippen LogP) is 3.46. The van der Waals surface area contributed by atoms with Crippen molar-refractivity contribution >= 4 is 11.6 Å². The van der Waals surface area contributed by atoms with E-state index in [1.807, 2.05) is 44.2 Å². The number of hydrogen-bond acceptors (Lipinski definition) is 3. The summed E-state index contributed by atoms with van der Waals surface area (Å²) in [6.45, 7) is 3.93. The summed E-state index contributed by atoms with van der Waals surface area (Å²) >= 11 is 0. The molecule has 1 fully saturated rings. The minimum absolute atomic E-state index is 0.0405. The van der Waals surface area contributed by atoms with Crippen LogP contribution in [0.15, 0.2) is 42.6 Å². The summed E-state index contributed by atoms with van der Waals surface area (Å²) < 4.78 is 0. The van der Waals surface area contributed by atoms with Crippen LogP contribution in [0, 0.1) is 18.8 Å². The Morgan fingerprint density at radius 2 is 2.09 bits per heavy atom. The van der Waals surface area contributed by atoms with Crippen molar-refractivity contribution in [3.8, 4) is 0 Å². The van der Waals surface area contributed by atoms with E-state index >= 15 is 0 Å². The van der Waals surface area contributed by atoms with E-state index in [9.17, 15) is 9.90 Å². The highest BCUT2D eigenvalue weighted by Crippen LogP contribution is 2.37. The third-order valence-corrected chi connectivity index (χ3v) is 4.55. The lowest BCUT2D eigenvalue weighted by Gasteiger charge is -2.16. The van der Waals surface area contributed by atoms with Crippen LogP contribution in [-0.2, 0) is 4.79 Å². The first-order chi connectivity index (χ1) is 11.1. The van der Waals surface area contributed by atoms with Crippen LogP contribution in [0.5, 0.6) is 0 Å². The molecule has 0 radical (unpaired) electrons. The number of benzene rings is 1. The number of aliphatic hydroxyl groups is 1. The van der Waals surface area contributed by atoms with Crippen molar-refractivity contribution in [1.82, 2.24) is 4.98 Å². The lowest BCUT2D eigenvalue weighted by molar-refractivity contribution is -0.119. The molecule has 3 rings (SSSR count). The molecule has 1 aliphatic carbocycles. The van der Waals surface area contributed by atoms with Gasteiger partial charge in [0.15, 0.2) is 0 Å². The lowest BCUT2D eigenvalue weighted by atomic mass is 10.0. The van der Waals surface area contributed by atoms with Gasteiger partial charge in [0, 0.05) is 17.8 Å². The van der Waals surface area contributed by atoms with Gasteiger partial charge in [0.25, 0.3) is 0 Å². The maximum Gasteiger partial charge on any atom is 0.227 e. The summed E-state index contributed by atoms with van der Waals surface area (Å²) in [5, 5.41) is 13.5. The number of anilines is 1. The van der Waals surface area contributed by atoms with Crippen LogP contribution < -0.4 is 5.32 Å². The number of aryl methyl sites for hydroxylation is 1. The number of amides is 1. The Kier molecular flexibility index (Phi) is 4.44. The molecule has 1 amide bonds. The zero-order valence-corrected chi connectivity index (χ0v) is 13.5. The molecule has 23 heavy (non-hydrogen) atoms. The number of nitrogens with one attached hydrogen (secondary N) is 1.